The summed E-state index contributed by atoms with van der Waals surface area (Å²) in [6, 6.07) is 14.9. The van der Waals surface area contributed by atoms with Crippen molar-refractivity contribution in [2.24, 2.45) is 0 Å². The summed E-state index contributed by atoms with van der Waals surface area (Å²) in [4.78, 5) is 24.2. The number of methoxy groups -OCH3 is 3. The second-order valence-corrected chi connectivity index (χ2v) is 8.96. The van der Waals surface area contributed by atoms with Crippen LogP contribution in [0.15, 0.2) is 71.6 Å². The molecule has 3 aromatic rings. The van der Waals surface area contributed by atoms with E-state index in [1.807, 2.05) is 0 Å². The van der Waals surface area contributed by atoms with Crippen molar-refractivity contribution >= 4 is 33.3 Å². The Bertz CT molecular complexity index is 1330. The number of hydrogen-bond acceptors (Lipinski definition) is 7. The zero-order valence-corrected chi connectivity index (χ0v) is 20.0. The van der Waals surface area contributed by atoms with Gasteiger partial charge in [-0.1, -0.05) is 12.1 Å². The van der Waals surface area contributed by atoms with Gasteiger partial charge in [-0.25, -0.2) is 17.6 Å². The molecular weight excluding hydrogens is 479 g/mol. The molecule has 0 spiro atoms. The molecule has 35 heavy (non-hydrogen) atoms. The monoisotopic (exact) mass is 502 g/mol. The van der Waals surface area contributed by atoms with Crippen LogP contribution in [0.2, 0.25) is 0 Å². The normalized spacial score (nSPS) is 10.9. The Morgan fingerprint density at radius 3 is 2.17 bits per heavy atom. The third-order valence-electron chi connectivity index (χ3n) is 4.94. The molecule has 1 amide bonds. The van der Waals surface area contributed by atoms with Gasteiger partial charge in [-0.2, -0.15) is 0 Å². The van der Waals surface area contributed by atoms with Gasteiger partial charge in [-0.3, -0.25) is 9.10 Å². The predicted octanol–water partition coefficient (Wildman–Crippen LogP) is 3.46. The minimum absolute atomic E-state index is 0.150. The zero-order valence-electron chi connectivity index (χ0n) is 19.1. The van der Waals surface area contributed by atoms with Crippen LogP contribution in [0.3, 0.4) is 0 Å². The molecule has 0 aromatic heterocycles. The molecule has 11 heteroatoms. The number of halogens is 1. The summed E-state index contributed by atoms with van der Waals surface area (Å²) < 4.78 is 57.3. The van der Waals surface area contributed by atoms with Crippen molar-refractivity contribution in [3.63, 3.8) is 0 Å². The fourth-order valence-corrected chi connectivity index (χ4v) is 4.64. The van der Waals surface area contributed by atoms with Gasteiger partial charge in [0.05, 0.1) is 37.5 Å². The van der Waals surface area contributed by atoms with Crippen LogP contribution in [0.4, 0.5) is 15.8 Å². The van der Waals surface area contributed by atoms with Gasteiger partial charge in [-0.15, -0.1) is 0 Å². The Kier molecular flexibility index (Phi) is 7.92. The van der Waals surface area contributed by atoms with Gasteiger partial charge in [0.1, 0.15) is 12.4 Å². The van der Waals surface area contributed by atoms with Crippen molar-refractivity contribution in [3.05, 3.63) is 78.1 Å². The van der Waals surface area contributed by atoms with Crippen LogP contribution in [0.25, 0.3) is 0 Å². The fourth-order valence-electron chi connectivity index (χ4n) is 3.20. The fraction of sp³-hybridized carbons (Fsp3) is 0.167. The highest BCUT2D eigenvalue weighted by Gasteiger charge is 2.30. The minimum atomic E-state index is -4.41. The number of carbonyl (C=O) groups excluding carboxylic acids is 2. The summed E-state index contributed by atoms with van der Waals surface area (Å²) in [7, 11) is -0.411. The maximum atomic E-state index is 14.7. The molecule has 0 unspecified atom stereocenters. The summed E-state index contributed by atoms with van der Waals surface area (Å²) in [5.74, 6) is -1.65. The lowest BCUT2D eigenvalue weighted by molar-refractivity contribution is -0.114. The Morgan fingerprint density at radius 1 is 0.914 bits per heavy atom. The smallest absolute Gasteiger partial charge is 0.337 e. The summed E-state index contributed by atoms with van der Waals surface area (Å²) in [5, 5.41) is 2.55. The van der Waals surface area contributed by atoms with E-state index in [-0.39, 0.29) is 21.9 Å². The van der Waals surface area contributed by atoms with Crippen molar-refractivity contribution in [3.8, 4) is 11.5 Å². The van der Waals surface area contributed by atoms with Gasteiger partial charge in [-0.05, 0) is 48.5 Å². The number of nitrogens with one attached hydrogen (secondary N) is 1. The summed E-state index contributed by atoms with van der Waals surface area (Å²) >= 11 is 0. The van der Waals surface area contributed by atoms with Crippen molar-refractivity contribution in [2.75, 3.05) is 37.5 Å². The highest BCUT2D eigenvalue weighted by Crippen LogP contribution is 2.33. The zero-order chi connectivity index (χ0) is 25.6. The van der Waals surface area contributed by atoms with Crippen molar-refractivity contribution in [1.82, 2.24) is 0 Å². The van der Waals surface area contributed by atoms with E-state index in [1.54, 1.807) is 0 Å². The van der Waals surface area contributed by atoms with Crippen molar-refractivity contribution in [2.45, 2.75) is 4.90 Å². The largest absolute Gasteiger partial charge is 0.493 e. The molecule has 3 rings (SSSR count). The van der Waals surface area contributed by atoms with Gasteiger partial charge in [0, 0.05) is 11.8 Å². The van der Waals surface area contributed by atoms with Crippen LogP contribution in [0.1, 0.15) is 10.4 Å². The highest BCUT2D eigenvalue weighted by atomic mass is 32.2. The maximum Gasteiger partial charge on any atom is 0.337 e. The van der Waals surface area contributed by atoms with Crippen LogP contribution in [0, 0.1) is 5.82 Å². The van der Waals surface area contributed by atoms with E-state index < -0.39 is 34.3 Å². The Morgan fingerprint density at radius 2 is 1.57 bits per heavy atom. The first-order chi connectivity index (χ1) is 16.7. The lowest BCUT2D eigenvalue weighted by Gasteiger charge is -2.25. The van der Waals surface area contributed by atoms with E-state index in [9.17, 15) is 22.4 Å². The standard InChI is InChI=1S/C24H23FN2O7S/c1-32-21-13-12-18(14-22(21)33-2)35(30,31)27(20-7-5-4-6-19(20)25)15-23(28)26-17-10-8-16(9-11-17)24(29)34-3/h4-14H,15H2,1-3H3,(H,26,28). The van der Waals surface area contributed by atoms with Crippen LogP contribution >= 0.6 is 0 Å². The molecule has 0 radical (unpaired) electrons. The topological polar surface area (TPSA) is 111 Å². The molecule has 0 aliphatic rings. The molecule has 0 atom stereocenters. The molecule has 0 bridgehead atoms. The molecule has 0 aliphatic heterocycles. The number of esters is 1. The third kappa shape index (κ3) is 5.69. The summed E-state index contributed by atoms with van der Waals surface area (Å²) in [6.07, 6.45) is 0. The van der Waals surface area contributed by atoms with E-state index in [4.69, 9.17) is 9.47 Å². The maximum absolute atomic E-state index is 14.7. The number of ether oxygens (including phenoxy) is 3. The number of hydrogen-bond donors (Lipinski definition) is 1. The van der Waals surface area contributed by atoms with Crippen LogP contribution < -0.4 is 19.1 Å². The first-order valence-electron chi connectivity index (χ1n) is 10.2. The number of benzene rings is 3. The minimum Gasteiger partial charge on any atom is -0.493 e. The molecule has 184 valence electrons. The van der Waals surface area contributed by atoms with Gasteiger partial charge in [0.2, 0.25) is 5.91 Å². The first kappa shape index (κ1) is 25.5. The number of nitrogens with zero attached hydrogens (tertiary/aromatic N) is 1. The van der Waals surface area contributed by atoms with Gasteiger partial charge in [0.25, 0.3) is 10.0 Å². The molecule has 0 saturated carbocycles. The van der Waals surface area contributed by atoms with E-state index in [1.165, 1.54) is 82.0 Å². The lowest BCUT2D eigenvalue weighted by Crippen LogP contribution is -2.38. The summed E-state index contributed by atoms with van der Waals surface area (Å²) in [5.41, 5.74) is 0.271. The molecule has 0 saturated heterocycles. The van der Waals surface area contributed by atoms with Crippen molar-refractivity contribution in [1.29, 1.82) is 0 Å². The highest BCUT2D eigenvalue weighted by molar-refractivity contribution is 7.92. The van der Waals surface area contributed by atoms with E-state index in [0.717, 1.165) is 6.07 Å². The SMILES string of the molecule is COC(=O)c1ccc(NC(=O)CN(c2ccccc2F)S(=O)(=O)c2ccc(OC)c(OC)c2)cc1. The van der Waals surface area contributed by atoms with Crippen LogP contribution in [-0.4, -0.2) is 48.2 Å². The molecule has 1 N–H and O–H groups in total. The quantitative estimate of drug-likeness (QED) is 0.446. The predicted molar refractivity (Wildman–Crippen MR) is 127 cm³/mol. The second kappa shape index (κ2) is 10.9. The number of sulfonamides is 1. The van der Waals surface area contributed by atoms with E-state index >= 15 is 0 Å². The van der Waals surface area contributed by atoms with Crippen molar-refractivity contribution < 1.29 is 36.6 Å². The molecule has 0 fully saturated rings. The molecular formula is C24H23FN2O7S. The molecule has 0 aliphatic carbocycles. The average Bonchev–Trinajstić information content (AvgIpc) is 2.87. The Balaban J connectivity index is 1.94. The van der Waals surface area contributed by atoms with E-state index in [2.05, 4.69) is 10.1 Å². The third-order valence-corrected chi connectivity index (χ3v) is 6.70. The number of carbonyl (C=O) groups is 2. The second-order valence-electron chi connectivity index (χ2n) is 7.10. The lowest BCUT2D eigenvalue weighted by atomic mass is 10.2. The number of amides is 1. The van der Waals surface area contributed by atoms with Crippen LogP contribution in [0.5, 0.6) is 11.5 Å². The van der Waals surface area contributed by atoms with Gasteiger partial charge >= 0.3 is 5.97 Å². The number of rotatable bonds is 9. The van der Waals surface area contributed by atoms with Crippen LogP contribution in [-0.2, 0) is 19.6 Å². The molecule has 3 aromatic carbocycles. The summed E-state index contributed by atoms with van der Waals surface area (Å²) in [6.45, 7) is -0.726. The Hall–Kier alpha value is -4.12. The number of anilines is 2. The van der Waals surface area contributed by atoms with Gasteiger partial charge in [0.15, 0.2) is 11.5 Å². The molecule has 9 nitrogen and oxygen atoms in total. The number of para-hydroxylation sites is 1. The Labute approximate surface area is 202 Å². The average molecular weight is 503 g/mol. The van der Waals surface area contributed by atoms with E-state index in [0.29, 0.717) is 15.7 Å². The molecule has 0 heterocycles. The first-order valence-corrected chi connectivity index (χ1v) is 11.6. The van der Waals surface area contributed by atoms with Gasteiger partial charge < -0.3 is 19.5 Å².